The first-order valence-electron chi connectivity index (χ1n) is 10.5. The van der Waals surface area contributed by atoms with Crippen LogP contribution in [0.2, 0.25) is 0 Å². The molecule has 1 aliphatic carbocycles. The fourth-order valence-electron chi connectivity index (χ4n) is 5.43. The van der Waals surface area contributed by atoms with Gasteiger partial charge < -0.3 is 4.74 Å². The van der Waals surface area contributed by atoms with Crippen molar-refractivity contribution in [3.05, 3.63) is 89.0 Å². The molecule has 2 nitrogen and oxygen atoms in total. The summed E-state index contributed by atoms with van der Waals surface area (Å²) in [6.45, 7) is 2.64. The predicted octanol–water partition coefficient (Wildman–Crippen LogP) is 5.00. The largest absolute Gasteiger partial charge is 0.378 e. The Morgan fingerprint density at radius 3 is 2.57 bits per heavy atom. The van der Waals surface area contributed by atoms with Crippen LogP contribution < -0.4 is 0 Å². The zero-order valence-corrected chi connectivity index (χ0v) is 16.1. The van der Waals surface area contributed by atoms with E-state index in [1.54, 1.807) is 0 Å². The average molecular weight is 367 g/mol. The van der Waals surface area contributed by atoms with E-state index in [1.165, 1.54) is 51.4 Å². The van der Waals surface area contributed by atoms with Gasteiger partial charge in [0.05, 0.1) is 19.3 Å². The molecule has 0 N–H and O–H groups in total. The Morgan fingerprint density at radius 2 is 1.71 bits per heavy atom. The second-order valence-electron chi connectivity index (χ2n) is 8.42. The molecule has 0 aromatic heterocycles. The van der Waals surface area contributed by atoms with Gasteiger partial charge in [0.1, 0.15) is 0 Å². The molecule has 2 heterocycles. The van der Waals surface area contributed by atoms with E-state index in [0.717, 1.165) is 26.2 Å². The molecule has 2 heteroatoms. The molecule has 2 atom stereocenters. The average Bonchev–Trinajstić information content (AvgIpc) is 3.14. The number of fused-ring (bicyclic) bond motifs is 2. The molecule has 1 fully saturated rings. The summed E-state index contributed by atoms with van der Waals surface area (Å²) in [5, 5.41) is 2.98. The first-order valence-corrected chi connectivity index (χ1v) is 10.5. The summed E-state index contributed by atoms with van der Waals surface area (Å²) >= 11 is 0. The molecule has 6 rings (SSSR count). The van der Waals surface area contributed by atoms with Crippen molar-refractivity contribution in [2.24, 2.45) is 0 Å². The second kappa shape index (κ2) is 6.58. The summed E-state index contributed by atoms with van der Waals surface area (Å²) in [4.78, 5) is 2.64. The Hall–Kier alpha value is -2.42. The van der Waals surface area contributed by atoms with Gasteiger partial charge in [0.25, 0.3) is 0 Å². The molecular weight excluding hydrogens is 342 g/mol. The lowest BCUT2D eigenvalue weighted by atomic mass is 9.86. The van der Waals surface area contributed by atoms with Gasteiger partial charge in [0.2, 0.25) is 0 Å². The SMILES string of the molecule is C1=C(c2ccc3c4c(cccc24)CC3)CC2COCC1N2Cc1ccccc1. The number of morpholine rings is 1. The number of aryl methyl sites for hydroxylation is 2. The molecule has 1 saturated heterocycles. The van der Waals surface area contributed by atoms with E-state index in [1.807, 2.05) is 0 Å². The fraction of sp³-hybridized carbons (Fsp3) is 0.308. The van der Waals surface area contributed by atoms with Crippen LogP contribution in [0.4, 0.5) is 0 Å². The molecular formula is C26H25NO. The number of nitrogens with zero attached hydrogens (tertiary/aromatic N) is 1. The molecule has 2 aliphatic heterocycles. The van der Waals surface area contributed by atoms with E-state index in [-0.39, 0.29) is 0 Å². The quantitative estimate of drug-likeness (QED) is 0.646. The minimum atomic E-state index is 0.366. The van der Waals surface area contributed by atoms with Crippen LogP contribution in [0.5, 0.6) is 0 Å². The molecule has 0 radical (unpaired) electrons. The van der Waals surface area contributed by atoms with Crippen molar-refractivity contribution in [2.75, 3.05) is 13.2 Å². The number of hydrogen-bond donors (Lipinski definition) is 0. The highest BCUT2D eigenvalue weighted by atomic mass is 16.5. The summed E-state index contributed by atoms with van der Waals surface area (Å²) in [5.41, 5.74) is 7.40. The summed E-state index contributed by atoms with van der Waals surface area (Å²) in [6, 6.07) is 23.3. The predicted molar refractivity (Wildman–Crippen MR) is 114 cm³/mol. The molecule has 2 unspecified atom stereocenters. The molecule has 3 aromatic carbocycles. The van der Waals surface area contributed by atoms with Gasteiger partial charge in [-0.25, -0.2) is 0 Å². The highest BCUT2D eigenvalue weighted by Gasteiger charge is 2.35. The first kappa shape index (κ1) is 16.5. The van der Waals surface area contributed by atoms with Gasteiger partial charge in [-0.15, -0.1) is 0 Å². The summed E-state index contributed by atoms with van der Waals surface area (Å²) in [6.07, 6.45) is 5.94. The smallest absolute Gasteiger partial charge is 0.0658 e. The lowest BCUT2D eigenvalue weighted by Crippen LogP contribution is -2.53. The molecule has 140 valence electrons. The third kappa shape index (κ3) is 2.63. The van der Waals surface area contributed by atoms with Gasteiger partial charge in [0.15, 0.2) is 0 Å². The Morgan fingerprint density at radius 1 is 0.857 bits per heavy atom. The van der Waals surface area contributed by atoms with Gasteiger partial charge in [-0.05, 0) is 57.9 Å². The molecule has 0 saturated carbocycles. The summed E-state index contributed by atoms with van der Waals surface area (Å²) in [7, 11) is 0. The Kier molecular flexibility index (Phi) is 3.88. The molecule has 2 bridgehead atoms. The van der Waals surface area contributed by atoms with Crippen molar-refractivity contribution in [2.45, 2.75) is 37.9 Å². The lowest BCUT2D eigenvalue weighted by Gasteiger charge is -2.45. The normalized spacial score (nSPS) is 23.8. The van der Waals surface area contributed by atoms with Crippen LogP contribution in [0.3, 0.4) is 0 Å². The van der Waals surface area contributed by atoms with Crippen LogP contribution in [-0.4, -0.2) is 30.2 Å². The molecule has 28 heavy (non-hydrogen) atoms. The third-order valence-corrected chi connectivity index (χ3v) is 6.77. The van der Waals surface area contributed by atoms with Crippen LogP contribution >= 0.6 is 0 Å². The van der Waals surface area contributed by atoms with E-state index in [9.17, 15) is 0 Å². The van der Waals surface area contributed by atoms with Crippen LogP contribution in [0, 0.1) is 0 Å². The van der Waals surface area contributed by atoms with Gasteiger partial charge in [0, 0.05) is 12.6 Å². The maximum Gasteiger partial charge on any atom is 0.0658 e. The zero-order valence-electron chi connectivity index (χ0n) is 16.1. The van der Waals surface area contributed by atoms with Gasteiger partial charge in [-0.2, -0.15) is 0 Å². The van der Waals surface area contributed by atoms with E-state index < -0.39 is 0 Å². The zero-order chi connectivity index (χ0) is 18.5. The second-order valence-corrected chi connectivity index (χ2v) is 8.42. The van der Waals surface area contributed by atoms with Gasteiger partial charge in [-0.1, -0.05) is 66.7 Å². The van der Waals surface area contributed by atoms with Crippen LogP contribution in [-0.2, 0) is 24.1 Å². The van der Waals surface area contributed by atoms with E-state index in [2.05, 4.69) is 71.6 Å². The number of hydrogen-bond acceptors (Lipinski definition) is 2. The van der Waals surface area contributed by atoms with E-state index in [0.29, 0.717) is 12.1 Å². The minimum absolute atomic E-state index is 0.366. The van der Waals surface area contributed by atoms with Gasteiger partial charge in [-0.3, -0.25) is 4.90 Å². The van der Waals surface area contributed by atoms with E-state index in [4.69, 9.17) is 4.74 Å². The molecule has 0 spiro atoms. The Labute approximate surface area is 166 Å². The number of rotatable bonds is 3. The van der Waals surface area contributed by atoms with Gasteiger partial charge >= 0.3 is 0 Å². The topological polar surface area (TPSA) is 12.5 Å². The highest BCUT2D eigenvalue weighted by Crippen LogP contribution is 2.39. The van der Waals surface area contributed by atoms with Crippen molar-refractivity contribution < 1.29 is 4.74 Å². The Balaban J connectivity index is 1.39. The number of benzene rings is 3. The monoisotopic (exact) mass is 367 g/mol. The lowest BCUT2D eigenvalue weighted by molar-refractivity contribution is -0.0402. The molecule has 3 aromatic rings. The maximum absolute atomic E-state index is 5.94. The summed E-state index contributed by atoms with van der Waals surface area (Å²) < 4.78 is 5.94. The van der Waals surface area contributed by atoms with Crippen LogP contribution in [0.15, 0.2) is 66.7 Å². The standard InChI is InChI=1S/C26H25NO/c1-2-5-18(6-3-1)15-27-22-13-21(14-23(27)17-28-16-22)24-12-11-20-10-9-19-7-4-8-25(24)26(19)20/h1-8,11-13,22-23H,9-10,14-17H2. The van der Waals surface area contributed by atoms with Crippen LogP contribution in [0.25, 0.3) is 16.3 Å². The van der Waals surface area contributed by atoms with Crippen molar-refractivity contribution in [1.82, 2.24) is 4.90 Å². The van der Waals surface area contributed by atoms with Crippen molar-refractivity contribution in [1.29, 1.82) is 0 Å². The molecule has 0 amide bonds. The summed E-state index contributed by atoms with van der Waals surface area (Å²) in [5.74, 6) is 0. The highest BCUT2D eigenvalue weighted by molar-refractivity contribution is 5.99. The minimum Gasteiger partial charge on any atom is -0.378 e. The fourth-order valence-corrected chi connectivity index (χ4v) is 5.43. The van der Waals surface area contributed by atoms with Crippen LogP contribution in [0.1, 0.15) is 28.7 Å². The Bertz CT molecular complexity index is 1060. The van der Waals surface area contributed by atoms with E-state index >= 15 is 0 Å². The van der Waals surface area contributed by atoms with Crippen molar-refractivity contribution in [3.63, 3.8) is 0 Å². The molecule has 3 aliphatic rings. The van der Waals surface area contributed by atoms with Crippen molar-refractivity contribution in [3.8, 4) is 0 Å². The maximum atomic E-state index is 5.94. The number of ether oxygens (including phenoxy) is 1. The first-order chi connectivity index (χ1) is 13.9. The third-order valence-electron chi connectivity index (χ3n) is 6.77. The van der Waals surface area contributed by atoms with Crippen molar-refractivity contribution >= 4 is 16.3 Å².